The molecule has 0 atom stereocenters. The van der Waals surface area contributed by atoms with Crippen LogP contribution in [0.25, 0.3) is 6.08 Å². The van der Waals surface area contributed by atoms with Crippen molar-refractivity contribution in [3.05, 3.63) is 41.0 Å². The average Bonchev–Trinajstić information content (AvgIpc) is 2.37. The molecular weight excluding hydrogens is 258 g/mol. The second-order valence-corrected chi connectivity index (χ2v) is 4.43. The molecule has 20 heavy (non-hydrogen) atoms. The molecule has 0 unspecified atom stereocenters. The summed E-state index contributed by atoms with van der Waals surface area (Å²) < 4.78 is 4.80. The molecule has 0 aliphatic rings. The second kappa shape index (κ2) is 8.12. The van der Waals surface area contributed by atoms with Crippen molar-refractivity contribution in [2.45, 2.75) is 13.8 Å². The Hall–Kier alpha value is -2.14. The molecule has 1 aromatic rings. The van der Waals surface area contributed by atoms with Gasteiger partial charge in [0, 0.05) is 12.6 Å². The van der Waals surface area contributed by atoms with Crippen molar-refractivity contribution < 1.29 is 19.4 Å². The summed E-state index contributed by atoms with van der Waals surface area (Å²) in [5.74, 6) is -1.25. The van der Waals surface area contributed by atoms with Crippen LogP contribution in [0.2, 0.25) is 0 Å². The van der Waals surface area contributed by atoms with E-state index < -0.39 is 5.97 Å². The van der Waals surface area contributed by atoms with Gasteiger partial charge < -0.3 is 15.2 Å². The minimum absolute atomic E-state index is 0.176. The van der Waals surface area contributed by atoms with Crippen molar-refractivity contribution in [3.8, 4) is 0 Å². The van der Waals surface area contributed by atoms with Gasteiger partial charge in [-0.25, -0.2) is 4.79 Å². The molecule has 0 spiro atoms. The first-order valence-electron chi connectivity index (χ1n) is 6.32. The number of hydrogen-bond acceptors (Lipinski definition) is 3. The zero-order valence-electron chi connectivity index (χ0n) is 11.7. The molecule has 0 aliphatic carbocycles. The quantitative estimate of drug-likeness (QED) is 0.585. The molecule has 0 aromatic heterocycles. The van der Waals surface area contributed by atoms with E-state index in [4.69, 9.17) is 9.84 Å². The van der Waals surface area contributed by atoms with Crippen molar-refractivity contribution in [2.24, 2.45) is 0 Å². The van der Waals surface area contributed by atoms with Gasteiger partial charge in [0.15, 0.2) is 0 Å². The molecule has 2 N–H and O–H groups in total. The Balaban J connectivity index is 2.34. The molecule has 1 rings (SSSR count). The highest BCUT2D eigenvalue weighted by Gasteiger charge is 1.99. The van der Waals surface area contributed by atoms with Crippen LogP contribution in [0, 0.1) is 13.8 Å². The summed E-state index contributed by atoms with van der Waals surface area (Å²) in [7, 11) is 0. The highest BCUT2D eigenvalue weighted by atomic mass is 16.5. The first-order valence-corrected chi connectivity index (χ1v) is 6.32. The third-order valence-electron chi connectivity index (χ3n) is 2.61. The fourth-order valence-corrected chi connectivity index (χ4v) is 1.64. The van der Waals surface area contributed by atoms with Gasteiger partial charge in [-0.3, -0.25) is 4.79 Å². The first kappa shape index (κ1) is 15.9. The van der Waals surface area contributed by atoms with Crippen LogP contribution in [0.15, 0.2) is 24.3 Å². The Bertz CT molecular complexity index is 509. The summed E-state index contributed by atoms with van der Waals surface area (Å²) in [5, 5.41) is 11.0. The molecule has 5 heteroatoms. The van der Waals surface area contributed by atoms with Crippen LogP contribution in [0.3, 0.4) is 0 Å². The van der Waals surface area contributed by atoms with Crippen molar-refractivity contribution in [2.75, 3.05) is 19.8 Å². The van der Waals surface area contributed by atoms with Gasteiger partial charge in [-0.1, -0.05) is 23.8 Å². The molecule has 108 valence electrons. The largest absolute Gasteiger partial charge is 0.480 e. The highest BCUT2D eigenvalue weighted by molar-refractivity contribution is 5.91. The van der Waals surface area contributed by atoms with Gasteiger partial charge in [0.05, 0.1) is 6.61 Å². The third-order valence-corrected chi connectivity index (χ3v) is 2.61. The zero-order chi connectivity index (χ0) is 15.0. The summed E-state index contributed by atoms with van der Waals surface area (Å²) in [6, 6.07) is 6.01. The van der Waals surface area contributed by atoms with Crippen LogP contribution in [0.4, 0.5) is 0 Å². The Morgan fingerprint density at radius 1 is 1.35 bits per heavy atom. The smallest absolute Gasteiger partial charge is 0.329 e. The predicted octanol–water partition coefficient (Wildman–Crippen LogP) is 1.53. The summed E-state index contributed by atoms with van der Waals surface area (Å²) in [6.45, 7) is 4.11. The van der Waals surface area contributed by atoms with Crippen LogP contribution in [-0.4, -0.2) is 36.7 Å². The maximum atomic E-state index is 11.5. The number of rotatable bonds is 7. The number of aryl methyl sites for hydroxylation is 2. The zero-order valence-corrected chi connectivity index (χ0v) is 11.7. The molecule has 0 saturated heterocycles. The highest BCUT2D eigenvalue weighted by Crippen LogP contribution is 2.11. The number of carbonyl (C=O) groups excluding carboxylic acids is 1. The molecule has 0 aliphatic heterocycles. The van der Waals surface area contributed by atoms with Crippen molar-refractivity contribution in [1.82, 2.24) is 5.32 Å². The van der Waals surface area contributed by atoms with E-state index >= 15 is 0 Å². The summed E-state index contributed by atoms with van der Waals surface area (Å²) >= 11 is 0. The molecule has 0 bridgehead atoms. The second-order valence-electron chi connectivity index (χ2n) is 4.43. The van der Waals surface area contributed by atoms with E-state index in [1.165, 1.54) is 11.6 Å². The number of benzene rings is 1. The maximum Gasteiger partial charge on any atom is 0.329 e. The van der Waals surface area contributed by atoms with Gasteiger partial charge in [0.2, 0.25) is 5.91 Å². The normalized spacial score (nSPS) is 10.7. The molecule has 1 aromatic carbocycles. The van der Waals surface area contributed by atoms with Crippen LogP contribution in [-0.2, 0) is 14.3 Å². The number of amides is 1. The van der Waals surface area contributed by atoms with Gasteiger partial charge in [-0.2, -0.15) is 0 Å². The number of carbonyl (C=O) groups is 2. The van der Waals surface area contributed by atoms with E-state index in [0.29, 0.717) is 0 Å². The van der Waals surface area contributed by atoms with Crippen molar-refractivity contribution in [3.63, 3.8) is 0 Å². The van der Waals surface area contributed by atoms with Gasteiger partial charge >= 0.3 is 5.97 Å². The Kier molecular flexibility index (Phi) is 6.46. The lowest BCUT2D eigenvalue weighted by Gasteiger charge is -2.03. The third kappa shape index (κ3) is 6.15. The van der Waals surface area contributed by atoms with Gasteiger partial charge in [0.25, 0.3) is 0 Å². The predicted molar refractivity (Wildman–Crippen MR) is 76.4 cm³/mol. The molecule has 5 nitrogen and oxygen atoms in total. The molecule has 0 saturated carbocycles. The number of hydrogen-bond donors (Lipinski definition) is 2. The topological polar surface area (TPSA) is 75.6 Å². The van der Waals surface area contributed by atoms with E-state index in [0.717, 1.165) is 11.1 Å². The lowest BCUT2D eigenvalue weighted by molar-refractivity contribution is -0.142. The maximum absolute atomic E-state index is 11.5. The van der Waals surface area contributed by atoms with Gasteiger partial charge in [-0.05, 0) is 31.1 Å². The lowest BCUT2D eigenvalue weighted by Crippen LogP contribution is -2.26. The molecule has 0 radical (unpaired) electrons. The molecule has 0 fully saturated rings. The van der Waals surface area contributed by atoms with Gasteiger partial charge in [0.1, 0.15) is 6.61 Å². The summed E-state index contributed by atoms with van der Waals surface area (Å²) in [5.41, 5.74) is 3.28. The molecule has 0 heterocycles. The number of carboxylic acid groups (broad SMARTS) is 1. The van der Waals surface area contributed by atoms with E-state index in [2.05, 4.69) is 11.4 Å². The monoisotopic (exact) mass is 277 g/mol. The number of carboxylic acids is 1. The van der Waals surface area contributed by atoms with E-state index in [1.807, 2.05) is 26.0 Å². The summed E-state index contributed by atoms with van der Waals surface area (Å²) in [6.07, 6.45) is 3.21. The Morgan fingerprint density at radius 3 is 2.75 bits per heavy atom. The fraction of sp³-hybridized carbons (Fsp3) is 0.333. The standard InChI is InChI=1S/C15H19NO4/c1-11-3-4-13(12(2)9-11)5-6-14(17)16-7-8-20-10-15(18)19/h3-6,9H,7-8,10H2,1-2H3,(H,16,17)(H,18,19). The van der Waals surface area contributed by atoms with Crippen LogP contribution in [0.5, 0.6) is 0 Å². The van der Waals surface area contributed by atoms with Crippen LogP contribution >= 0.6 is 0 Å². The van der Waals surface area contributed by atoms with E-state index in [1.54, 1.807) is 6.08 Å². The number of nitrogens with one attached hydrogen (secondary N) is 1. The SMILES string of the molecule is Cc1ccc(C=CC(=O)NCCOCC(=O)O)c(C)c1. The fourth-order valence-electron chi connectivity index (χ4n) is 1.64. The minimum atomic E-state index is -1.02. The van der Waals surface area contributed by atoms with Gasteiger partial charge in [-0.15, -0.1) is 0 Å². The van der Waals surface area contributed by atoms with Crippen molar-refractivity contribution >= 4 is 18.0 Å². The molecule has 1 amide bonds. The summed E-state index contributed by atoms with van der Waals surface area (Å²) in [4.78, 5) is 21.7. The van der Waals surface area contributed by atoms with Crippen LogP contribution < -0.4 is 5.32 Å². The number of ether oxygens (including phenoxy) is 1. The average molecular weight is 277 g/mol. The lowest BCUT2D eigenvalue weighted by atomic mass is 10.1. The Morgan fingerprint density at radius 2 is 2.10 bits per heavy atom. The van der Waals surface area contributed by atoms with Crippen molar-refractivity contribution in [1.29, 1.82) is 0 Å². The van der Waals surface area contributed by atoms with Crippen LogP contribution in [0.1, 0.15) is 16.7 Å². The minimum Gasteiger partial charge on any atom is -0.480 e. The first-order chi connectivity index (χ1) is 9.49. The number of aliphatic carboxylic acids is 1. The Labute approximate surface area is 118 Å². The van der Waals surface area contributed by atoms with E-state index in [-0.39, 0.29) is 25.7 Å². The van der Waals surface area contributed by atoms with E-state index in [9.17, 15) is 9.59 Å². The molecular formula is C15H19NO4.